The molecule has 5 nitrogen and oxygen atoms in total. The summed E-state index contributed by atoms with van der Waals surface area (Å²) in [7, 11) is -4.30. The van der Waals surface area contributed by atoms with Gasteiger partial charge in [-0.05, 0) is 6.42 Å². The Morgan fingerprint density at radius 3 is 2.14 bits per heavy atom. The summed E-state index contributed by atoms with van der Waals surface area (Å²) in [5.41, 5.74) is 0. The van der Waals surface area contributed by atoms with Gasteiger partial charge in [0, 0.05) is 109 Å². The molecule has 0 atom stereocenters. The second-order valence-corrected chi connectivity index (χ2v) is 3.53. The Bertz CT molecular complexity index is 151. The molecule has 0 aromatic carbocycles. The summed E-state index contributed by atoms with van der Waals surface area (Å²) in [4.78, 5) is 16.5. The summed E-state index contributed by atoms with van der Waals surface area (Å²) in [5, 5.41) is 0. The van der Waals surface area contributed by atoms with Crippen molar-refractivity contribution < 1.29 is 23.6 Å². The van der Waals surface area contributed by atoms with Crippen LogP contribution >= 0.6 is 7.82 Å². The maximum atomic E-state index is 10.1. The maximum absolute atomic E-state index is 10.1. The summed E-state index contributed by atoms with van der Waals surface area (Å²) < 4.78 is 19.3. The average Bonchev–Trinajstić information content (AvgIpc) is 1.94. The fraction of sp³-hybridized carbons (Fsp3) is 1.00. The zero-order valence-electron chi connectivity index (χ0n) is 9.10. The summed E-state index contributed by atoms with van der Waals surface area (Å²) in [6.45, 7) is 2.82. The van der Waals surface area contributed by atoms with E-state index in [4.69, 9.17) is 14.5 Å². The molecule has 0 spiro atoms. The number of phosphoric acid groups is 1. The van der Waals surface area contributed by atoms with Crippen LogP contribution in [0.3, 0.4) is 0 Å². The fourth-order valence-corrected chi connectivity index (χ4v) is 0.876. The van der Waals surface area contributed by atoms with Crippen molar-refractivity contribution in [1.82, 2.24) is 0 Å². The van der Waals surface area contributed by atoms with Crippen LogP contribution in [0.4, 0.5) is 0 Å². The van der Waals surface area contributed by atoms with E-state index >= 15 is 0 Å². The van der Waals surface area contributed by atoms with E-state index in [2.05, 4.69) is 4.52 Å². The molecule has 2 N–H and O–H groups in total. The zero-order valence-corrected chi connectivity index (χ0v) is 16.2. The Morgan fingerprint density at radius 2 is 1.71 bits per heavy atom. The van der Waals surface area contributed by atoms with E-state index in [0.717, 1.165) is 12.8 Å². The molecular formula is C6H15K2O5P. The second kappa shape index (κ2) is 14.4. The molecule has 14 heavy (non-hydrogen) atoms. The van der Waals surface area contributed by atoms with E-state index in [1.165, 1.54) is 0 Å². The van der Waals surface area contributed by atoms with E-state index in [-0.39, 0.29) is 116 Å². The van der Waals surface area contributed by atoms with Gasteiger partial charge in [0.05, 0.1) is 13.2 Å². The van der Waals surface area contributed by atoms with E-state index in [1.807, 2.05) is 6.92 Å². The van der Waals surface area contributed by atoms with Gasteiger partial charge in [0.2, 0.25) is 0 Å². The number of unbranched alkanes of at least 4 members (excludes halogenated alkanes) is 1. The first-order valence-corrected chi connectivity index (χ1v) is 5.37. The predicted octanol–water partition coefficient (Wildman–Crippen LogP) is 0.151. The minimum atomic E-state index is -4.30. The molecule has 0 aliphatic carbocycles. The summed E-state index contributed by atoms with van der Waals surface area (Å²) in [6.07, 6.45) is 2.00. The normalized spacial score (nSPS) is 10.2. The van der Waals surface area contributed by atoms with E-state index in [1.54, 1.807) is 0 Å². The molecule has 0 bridgehead atoms. The van der Waals surface area contributed by atoms with Crippen molar-refractivity contribution in [2.45, 2.75) is 19.8 Å². The number of phosphoric ester groups is 1. The van der Waals surface area contributed by atoms with E-state index < -0.39 is 7.82 Å². The molecule has 0 aromatic rings. The maximum Gasteiger partial charge on any atom is 0.469 e. The van der Waals surface area contributed by atoms with Crippen molar-refractivity contribution in [2.75, 3.05) is 19.8 Å². The van der Waals surface area contributed by atoms with Crippen LogP contribution in [0.15, 0.2) is 0 Å². The third kappa shape index (κ3) is 20.7. The third-order valence-corrected chi connectivity index (χ3v) is 1.65. The topological polar surface area (TPSA) is 76.0 Å². The molecule has 0 aliphatic heterocycles. The molecule has 0 aliphatic rings. The van der Waals surface area contributed by atoms with E-state index in [0.29, 0.717) is 6.61 Å². The standard InChI is InChI=1S/C6H15O5P.2K/c1-2-3-4-10-5-6-11-12(7,8)9;;/h2-6H2,1H3,(H2,7,8,9);;. The molecule has 0 unspecified atom stereocenters. The molecule has 76 valence electrons. The predicted molar refractivity (Wildman–Crippen MR) is 55.2 cm³/mol. The quantitative estimate of drug-likeness (QED) is 0.393. The minimum Gasteiger partial charge on any atom is -0.379 e. The third-order valence-electron chi connectivity index (χ3n) is 1.13. The number of rotatable bonds is 7. The second-order valence-electron chi connectivity index (χ2n) is 2.29. The van der Waals surface area contributed by atoms with Gasteiger partial charge < -0.3 is 14.5 Å². The van der Waals surface area contributed by atoms with Crippen LogP contribution in [0.5, 0.6) is 0 Å². The van der Waals surface area contributed by atoms with Gasteiger partial charge in [-0.15, -0.1) is 0 Å². The van der Waals surface area contributed by atoms with Gasteiger partial charge in [-0.3, -0.25) is 4.52 Å². The van der Waals surface area contributed by atoms with Crippen LogP contribution < -0.4 is 0 Å². The number of ether oxygens (including phenoxy) is 1. The van der Waals surface area contributed by atoms with Crippen molar-refractivity contribution in [2.24, 2.45) is 0 Å². The van der Waals surface area contributed by atoms with Gasteiger partial charge in [0.1, 0.15) is 0 Å². The molecule has 2 radical (unpaired) electrons. The molecule has 0 saturated heterocycles. The summed E-state index contributed by atoms with van der Waals surface area (Å²) >= 11 is 0. The van der Waals surface area contributed by atoms with Crippen LogP contribution in [-0.4, -0.2) is 132 Å². The Hall–Kier alpha value is 3.34. The summed E-state index contributed by atoms with van der Waals surface area (Å²) in [5.74, 6) is 0. The van der Waals surface area contributed by atoms with Crippen LogP contribution in [0.25, 0.3) is 0 Å². The van der Waals surface area contributed by atoms with Gasteiger partial charge in [-0.1, -0.05) is 13.3 Å². The van der Waals surface area contributed by atoms with Crippen molar-refractivity contribution in [3.63, 3.8) is 0 Å². The Labute approximate surface area is 170 Å². The molecule has 0 saturated carbocycles. The van der Waals surface area contributed by atoms with Gasteiger partial charge >= 0.3 is 7.82 Å². The molecule has 0 fully saturated rings. The van der Waals surface area contributed by atoms with Gasteiger partial charge in [0.15, 0.2) is 0 Å². The monoisotopic (exact) mass is 276 g/mol. The molecule has 0 heterocycles. The smallest absolute Gasteiger partial charge is 0.379 e. The first-order chi connectivity index (χ1) is 5.56. The van der Waals surface area contributed by atoms with Gasteiger partial charge in [-0.25, -0.2) is 4.57 Å². The van der Waals surface area contributed by atoms with Crippen molar-refractivity contribution in [3.8, 4) is 0 Å². The van der Waals surface area contributed by atoms with Crippen LogP contribution in [-0.2, 0) is 13.8 Å². The Kier molecular flexibility index (Phi) is 23.2. The number of hydrogen-bond donors (Lipinski definition) is 2. The molecule has 0 aromatic heterocycles. The van der Waals surface area contributed by atoms with Crippen molar-refractivity contribution in [3.05, 3.63) is 0 Å². The SMILES string of the molecule is CCCCOCCOP(=O)(O)O.[K].[K]. The van der Waals surface area contributed by atoms with Crippen molar-refractivity contribution >= 4 is 111 Å². The van der Waals surface area contributed by atoms with Gasteiger partial charge in [0.25, 0.3) is 0 Å². The molecular weight excluding hydrogens is 261 g/mol. The minimum absolute atomic E-state index is 0. The average molecular weight is 276 g/mol. The molecule has 8 heteroatoms. The van der Waals surface area contributed by atoms with Crippen LogP contribution in [0.2, 0.25) is 0 Å². The zero-order chi connectivity index (χ0) is 9.45. The van der Waals surface area contributed by atoms with Crippen molar-refractivity contribution in [1.29, 1.82) is 0 Å². The molecule has 0 amide bonds. The first kappa shape index (κ1) is 22.5. The van der Waals surface area contributed by atoms with Crippen LogP contribution in [0, 0.1) is 0 Å². The first-order valence-electron chi connectivity index (χ1n) is 3.84. The van der Waals surface area contributed by atoms with E-state index in [9.17, 15) is 4.57 Å². The Morgan fingerprint density at radius 1 is 1.14 bits per heavy atom. The summed E-state index contributed by atoms with van der Waals surface area (Å²) in [6, 6.07) is 0. The molecule has 0 rings (SSSR count). The Balaban J connectivity index is -0.000000605. The van der Waals surface area contributed by atoms with Gasteiger partial charge in [-0.2, -0.15) is 0 Å². The van der Waals surface area contributed by atoms with Crippen LogP contribution in [0.1, 0.15) is 19.8 Å². The fourth-order valence-electron chi connectivity index (χ4n) is 0.564. The number of hydrogen-bond acceptors (Lipinski definition) is 3. The largest absolute Gasteiger partial charge is 0.469 e.